The van der Waals surface area contributed by atoms with Crippen LogP contribution in [0, 0.1) is 6.57 Å². The van der Waals surface area contributed by atoms with Gasteiger partial charge in [-0.1, -0.05) is 0 Å². The third kappa shape index (κ3) is 3.16. The third-order valence-corrected chi connectivity index (χ3v) is 0.250. The van der Waals surface area contributed by atoms with E-state index in [4.69, 9.17) is 6.57 Å². The summed E-state index contributed by atoms with van der Waals surface area (Å²) >= 11 is 0. The molecule has 0 aromatic carbocycles. The lowest BCUT2D eigenvalue weighted by Crippen LogP contribution is -1.72. The normalized spacial score (nSPS) is 6.17. The topological polar surface area (TPSA) is 16.7 Å². The van der Waals surface area contributed by atoms with E-state index in [1.807, 2.05) is 0 Å². The molecular formula is C4H6N2. The van der Waals surface area contributed by atoms with Gasteiger partial charge in [0, 0.05) is 0 Å². The molecule has 2 nitrogen and oxygen atoms in total. The molecule has 0 saturated carbocycles. The van der Waals surface area contributed by atoms with Gasteiger partial charge in [-0.3, -0.25) is 0 Å². The Morgan fingerprint density at radius 2 is 2.17 bits per heavy atom. The van der Waals surface area contributed by atoms with Crippen molar-refractivity contribution in [2.75, 3.05) is 0 Å². The van der Waals surface area contributed by atoms with Gasteiger partial charge in [0.2, 0.25) is 0 Å². The summed E-state index contributed by atoms with van der Waals surface area (Å²) in [5.41, 5.74) is 0.810. The average Bonchev–Trinajstić information content (AvgIpc) is 1.35. The molecule has 0 radical (unpaired) electrons. The van der Waals surface area contributed by atoms with Crippen LogP contribution in [0.25, 0.3) is 4.95 Å². The van der Waals surface area contributed by atoms with Gasteiger partial charge < -0.3 is 0 Å². The van der Waals surface area contributed by atoms with Crippen molar-refractivity contribution in [1.29, 1.82) is 0 Å². The van der Waals surface area contributed by atoms with Crippen molar-refractivity contribution < 1.29 is 0 Å². The molecular weight excluding hydrogens is 76.1 g/mol. The fraction of sp³-hybridized carbons (Fsp3) is 0.500. The van der Waals surface area contributed by atoms with Gasteiger partial charge in [0.25, 0.3) is 0 Å². The molecule has 0 rings (SSSR count). The van der Waals surface area contributed by atoms with Crippen molar-refractivity contribution in [2.24, 2.45) is 5.10 Å². The third-order valence-electron chi connectivity index (χ3n) is 0.250. The molecule has 0 unspecified atom stereocenters. The van der Waals surface area contributed by atoms with Crippen molar-refractivity contribution in [2.45, 2.75) is 13.8 Å². The quantitative estimate of drug-likeness (QED) is 0.238. The van der Waals surface area contributed by atoms with Crippen LogP contribution in [0.4, 0.5) is 0 Å². The summed E-state index contributed by atoms with van der Waals surface area (Å²) in [6.07, 6.45) is 0. The zero-order chi connectivity index (χ0) is 4.99. The molecule has 0 N–H and O–H groups in total. The maximum absolute atomic E-state index is 6.17. The van der Waals surface area contributed by atoms with Gasteiger partial charge in [-0.2, -0.15) is 6.57 Å². The smallest absolute Gasteiger partial charge is 0.0942 e. The van der Waals surface area contributed by atoms with Crippen LogP contribution in [-0.2, 0) is 0 Å². The Balaban J connectivity index is 3.51. The second-order valence-corrected chi connectivity index (χ2v) is 1.15. The minimum Gasteiger partial charge on any atom is -0.181 e. The molecule has 32 valence electrons. The van der Waals surface area contributed by atoms with E-state index in [0.29, 0.717) is 0 Å². The number of hydrogen-bond acceptors (Lipinski definition) is 1. The summed E-state index contributed by atoms with van der Waals surface area (Å²) in [4.78, 5) is 2.77. The molecule has 0 bridgehead atoms. The lowest BCUT2D eigenvalue weighted by molar-refractivity contribution is 1.50. The average molecular weight is 82.1 g/mol. The molecule has 0 fully saturated rings. The first-order chi connectivity index (χ1) is 2.77. The van der Waals surface area contributed by atoms with Crippen LogP contribution in [-0.4, -0.2) is 5.71 Å². The lowest BCUT2D eigenvalue weighted by Gasteiger charge is -1.65. The highest BCUT2D eigenvalue weighted by Crippen LogP contribution is 1.71. The Morgan fingerprint density at radius 3 is 2.17 bits per heavy atom. The first kappa shape index (κ1) is 5.16. The van der Waals surface area contributed by atoms with Crippen LogP contribution in [0.2, 0.25) is 0 Å². The Labute approximate surface area is 37.3 Å². The van der Waals surface area contributed by atoms with E-state index in [0.717, 1.165) is 5.71 Å². The monoisotopic (exact) mass is 82.1 g/mol. The maximum Gasteiger partial charge on any atom is 0.0942 e. The highest BCUT2D eigenvalue weighted by Gasteiger charge is 1.72. The molecule has 0 saturated heterocycles. The molecule has 0 atom stereocenters. The van der Waals surface area contributed by atoms with Crippen LogP contribution in [0.3, 0.4) is 0 Å². The molecule has 0 aromatic heterocycles. The Morgan fingerprint density at radius 1 is 1.67 bits per heavy atom. The molecule has 0 aliphatic heterocycles. The Kier molecular flexibility index (Phi) is 2.06. The van der Waals surface area contributed by atoms with E-state index in [2.05, 4.69) is 10.1 Å². The summed E-state index contributed by atoms with van der Waals surface area (Å²) in [5.74, 6) is 0. The van der Waals surface area contributed by atoms with E-state index in [9.17, 15) is 0 Å². The van der Waals surface area contributed by atoms with Crippen molar-refractivity contribution in [1.82, 2.24) is 0 Å². The number of hydrogen-bond donors (Lipinski definition) is 0. The molecule has 0 aliphatic carbocycles. The van der Waals surface area contributed by atoms with Gasteiger partial charge >= 0.3 is 0 Å². The maximum atomic E-state index is 6.17. The summed E-state index contributed by atoms with van der Waals surface area (Å²) in [7, 11) is 0. The summed E-state index contributed by atoms with van der Waals surface area (Å²) in [6, 6.07) is 0. The largest absolute Gasteiger partial charge is 0.181 e. The van der Waals surface area contributed by atoms with Gasteiger partial charge in [0.1, 0.15) is 0 Å². The molecule has 0 aliphatic rings. The molecule has 0 heterocycles. The van der Waals surface area contributed by atoms with Crippen LogP contribution >= 0.6 is 0 Å². The van der Waals surface area contributed by atoms with Gasteiger partial charge in [-0.05, 0) is 13.8 Å². The standard InChI is InChI=1S/C4H6N2/c1-4(2)6-5-3/h1-2H3. The van der Waals surface area contributed by atoms with E-state index < -0.39 is 0 Å². The molecule has 2 heteroatoms. The van der Waals surface area contributed by atoms with Gasteiger partial charge in [-0.25, -0.2) is 0 Å². The fourth-order valence-corrected chi connectivity index (χ4v) is 0.100. The second kappa shape index (κ2) is 2.40. The van der Waals surface area contributed by atoms with Crippen LogP contribution in [0.15, 0.2) is 5.10 Å². The summed E-state index contributed by atoms with van der Waals surface area (Å²) in [6.45, 7) is 9.75. The Hall–Kier alpha value is -0.840. The summed E-state index contributed by atoms with van der Waals surface area (Å²) < 4.78 is 0. The Bertz CT molecular complexity index is 92.6. The zero-order valence-electron chi connectivity index (χ0n) is 3.89. The first-order valence-corrected chi connectivity index (χ1v) is 1.65. The molecule has 0 spiro atoms. The zero-order valence-corrected chi connectivity index (χ0v) is 3.89. The van der Waals surface area contributed by atoms with Gasteiger partial charge in [0.05, 0.1) is 10.8 Å². The highest BCUT2D eigenvalue weighted by molar-refractivity contribution is 5.79. The van der Waals surface area contributed by atoms with Gasteiger partial charge in [0.15, 0.2) is 0 Å². The van der Waals surface area contributed by atoms with Crippen LogP contribution in [0.5, 0.6) is 0 Å². The minimum atomic E-state index is 0.810. The molecule has 6 heavy (non-hydrogen) atoms. The van der Waals surface area contributed by atoms with Crippen molar-refractivity contribution in [3.63, 3.8) is 0 Å². The summed E-state index contributed by atoms with van der Waals surface area (Å²) in [5, 5.41) is 3.33. The minimum absolute atomic E-state index is 0.810. The first-order valence-electron chi connectivity index (χ1n) is 1.65. The van der Waals surface area contributed by atoms with E-state index in [1.54, 1.807) is 13.8 Å². The lowest BCUT2D eigenvalue weighted by atomic mass is 10.5. The van der Waals surface area contributed by atoms with E-state index >= 15 is 0 Å². The van der Waals surface area contributed by atoms with Crippen LogP contribution in [0.1, 0.15) is 13.8 Å². The van der Waals surface area contributed by atoms with Crippen molar-refractivity contribution >= 4 is 5.71 Å². The number of rotatable bonds is 0. The predicted molar refractivity (Wildman–Crippen MR) is 25.4 cm³/mol. The number of nitrogens with zero attached hydrogens (tertiary/aromatic N) is 2. The molecule has 0 amide bonds. The second-order valence-electron chi connectivity index (χ2n) is 1.15. The van der Waals surface area contributed by atoms with Gasteiger partial charge in [-0.15, -0.1) is 4.95 Å². The molecule has 0 aromatic rings. The van der Waals surface area contributed by atoms with E-state index in [1.165, 1.54) is 0 Å². The van der Waals surface area contributed by atoms with Crippen molar-refractivity contribution in [3.8, 4) is 0 Å². The SMILES string of the molecule is [C-]#[N+]N=C(C)C. The highest BCUT2D eigenvalue weighted by atomic mass is 15.2. The van der Waals surface area contributed by atoms with E-state index in [-0.39, 0.29) is 0 Å². The van der Waals surface area contributed by atoms with Crippen LogP contribution < -0.4 is 0 Å². The fourth-order valence-electron chi connectivity index (χ4n) is 0.100. The predicted octanol–water partition coefficient (Wildman–Crippen LogP) is 1.30. The van der Waals surface area contributed by atoms with Crippen molar-refractivity contribution in [3.05, 3.63) is 11.5 Å².